The zero-order valence-corrected chi connectivity index (χ0v) is 17.2. The molecule has 0 saturated carbocycles. The number of ketones is 1. The SMILES string of the molecule is O=C(/C=C/c1ccc2c(c1)OCCO2)C(C(=O)Nc1ccccc1)=C1SCCS1. The quantitative estimate of drug-likeness (QED) is 0.436. The molecule has 1 fully saturated rings. The molecular formula is C22H19NO4S2. The average molecular weight is 426 g/mol. The van der Waals surface area contributed by atoms with Crippen molar-refractivity contribution in [2.24, 2.45) is 0 Å². The summed E-state index contributed by atoms with van der Waals surface area (Å²) in [6.45, 7) is 1.03. The molecule has 7 heteroatoms. The lowest BCUT2D eigenvalue weighted by molar-refractivity contribution is -0.117. The third kappa shape index (κ3) is 4.86. The Morgan fingerprint density at radius 3 is 2.41 bits per heavy atom. The zero-order valence-electron chi connectivity index (χ0n) is 15.6. The number of hydrogen-bond acceptors (Lipinski definition) is 6. The van der Waals surface area contributed by atoms with Crippen molar-refractivity contribution in [2.45, 2.75) is 0 Å². The summed E-state index contributed by atoms with van der Waals surface area (Å²) in [7, 11) is 0. The Morgan fingerprint density at radius 1 is 0.931 bits per heavy atom. The van der Waals surface area contributed by atoms with Crippen LogP contribution in [0.25, 0.3) is 6.08 Å². The maximum Gasteiger partial charge on any atom is 0.261 e. The number of carbonyl (C=O) groups is 2. The molecule has 148 valence electrons. The van der Waals surface area contributed by atoms with Crippen molar-refractivity contribution < 1.29 is 19.1 Å². The van der Waals surface area contributed by atoms with E-state index in [2.05, 4.69) is 5.32 Å². The minimum atomic E-state index is -0.384. The van der Waals surface area contributed by atoms with Crippen LogP contribution in [0.2, 0.25) is 0 Å². The van der Waals surface area contributed by atoms with E-state index < -0.39 is 0 Å². The summed E-state index contributed by atoms with van der Waals surface area (Å²) in [6.07, 6.45) is 3.14. The molecule has 2 aliphatic rings. The largest absolute Gasteiger partial charge is 0.486 e. The molecule has 0 aliphatic carbocycles. The van der Waals surface area contributed by atoms with Crippen molar-refractivity contribution in [3.8, 4) is 11.5 Å². The Labute approximate surface area is 177 Å². The van der Waals surface area contributed by atoms with Gasteiger partial charge in [0.2, 0.25) is 0 Å². The smallest absolute Gasteiger partial charge is 0.261 e. The fourth-order valence-corrected chi connectivity index (χ4v) is 5.44. The van der Waals surface area contributed by atoms with Gasteiger partial charge in [0, 0.05) is 17.2 Å². The minimum absolute atomic E-state index is 0.190. The first kappa shape index (κ1) is 19.7. The number of carbonyl (C=O) groups excluding carboxylic acids is 2. The lowest BCUT2D eigenvalue weighted by Gasteiger charge is -2.18. The number of allylic oxidation sites excluding steroid dienone is 1. The van der Waals surface area contributed by atoms with Crippen LogP contribution in [0.4, 0.5) is 5.69 Å². The Morgan fingerprint density at radius 2 is 1.66 bits per heavy atom. The van der Waals surface area contributed by atoms with Gasteiger partial charge in [0.1, 0.15) is 18.8 Å². The Kier molecular flexibility index (Phi) is 6.27. The van der Waals surface area contributed by atoms with E-state index in [1.54, 1.807) is 41.7 Å². The van der Waals surface area contributed by atoms with Gasteiger partial charge in [0.05, 0.1) is 4.24 Å². The normalized spacial score (nSPS) is 15.4. The standard InChI is InChI=1S/C22H19NO4S2/c24-17(8-6-15-7-9-18-19(14-15)27-11-10-26-18)20(22-28-12-13-29-22)21(25)23-16-4-2-1-3-5-16/h1-9,14H,10-13H2,(H,23,25)/b8-6+. The molecule has 1 N–H and O–H groups in total. The molecule has 0 spiro atoms. The number of rotatable bonds is 5. The van der Waals surface area contributed by atoms with Gasteiger partial charge in [-0.2, -0.15) is 0 Å². The van der Waals surface area contributed by atoms with Crippen LogP contribution < -0.4 is 14.8 Å². The highest BCUT2D eigenvalue weighted by Crippen LogP contribution is 2.39. The fraction of sp³-hybridized carbons (Fsp3) is 0.182. The summed E-state index contributed by atoms with van der Waals surface area (Å²) < 4.78 is 11.9. The lowest BCUT2D eigenvalue weighted by atomic mass is 10.1. The molecular weight excluding hydrogens is 406 g/mol. The van der Waals surface area contributed by atoms with Gasteiger partial charge in [-0.1, -0.05) is 30.3 Å². The molecule has 2 aromatic rings. The molecule has 1 saturated heterocycles. The van der Waals surface area contributed by atoms with Gasteiger partial charge in [-0.15, -0.1) is 23.5 Å². The van der Waals surface area contributed by atoms with E-state index in [1.165, 1.54) is 6.08 Å². The van der Waals surface area contributed by atoms with Crippen LogP contribution in [0, 0.1) is 0 Å². The van der Waals surface area contributed by atoms with Crippen LogP contribution in [0.5, 0.6) is 11.5 Å². The van der Waals surface area contributed by atoms with E-state index in [1.807, 2.05) is 36.4 Å². The second-order valence-electron chi connectivity index (χ2n) is 6.28. The van der Waals surface area contributed by atoms with Crippen LogP contribution in [0.15, 0.2) is 64.4 Å². The summed E-state index contributed by atoms with van der Waals surface area (Å²) in [4.78, 5) is 25.8. The number of fused-ring (bicyclic) bond motifs is 1. The van der Waals surface area contributed by atoms with Crippen LogP contribution in [-0.2, 0) is 9.59 Å². The fourth-order valence-electron chi connectivity index (χ4n) is 2.89. The van der Waals surface area contributed by atoms with Gasteiger partial charge >= 0.3 is 0 Å². The number of nitrogens with one attached hydrogen (secondary N) is 1. The van der Waals surface area contributed by atoms with Crippen LogP contribution in [-0.4, -0.2) is 36.4 Å². The third-order valence-corrected chi connectivity index (χ3v) is 6.97. The summed E-state index contributed by atoms with van der Waals surface area (Å²) in [5, 5.41) is 2.82. The predicted octanol–water partition coefficient (Wildman–Crippen LogP) is 4.37. The monoisotopic (exact) mass is 425 g/mol. The van der Waals surface area contributed by atoms with Crippen LogP contribution in [0.3, 0.4) is 0 Å². The van der Waals surface area contributed by atoms with Crippen LogP contribution in [0.1, 0.15) is 5.56 Å². The number of benzene rings is 2. The third-order valence-electron chi connectivity index (χ3n) is 4.25. The van der Waals surface area contributed by atoms with E-state index in [4.69, 9.17) is 9.47 Å². The van der Waals surface area contributed by atoms with Crippen molar-refractivity contribution in [1.29, 1.82) is 0 Å². The summed E-state index contributed by atoms with van der Waals surface area (Å²) in [6, 6.07) is 14.6. The van der Waals surface area contributed by atoms with Gasteiger partial charge in [0.25, 0.3) is 5.91 Å². The van der Waals surface area contributed by atoms with Gasteiger partial charge in [-0.05, 0) is 35.9 Å². The van der Waals surface area contributed by atoms with Crippen molar-refractivity contribution in [3.05, 3.63) is 70.0 Å². The van der Waals surface area contributed by atoms with Crippen molar-refractivity contribution in [1.82, 2.24) is 0 Å². The van der Waals surface area contributed by atoms with Crippen molar-refractivity contribution in [3.63, 3.8) is 0 Å². The molecule has 0 unspecified atom stereocenters. The maximum atomic E-state index is 12.9. The second kappa shape index (κ2) is 9.24. The first-order valence-corrected chi connectivity index (χ1v) is 11.2. The summed E-state index contributed by atoms with van der Waals surface area (Å²) in [5.41, 5.74) is 1.66. The molecule has 2 heterocycles. The maximum absolute atomic E-state index is 12.9. The number of anilines is 1. The van der Waals surface area contributed by atoms with E-state index in [0.29, 0.717) is 30.4 Å². The van der Waals surface area contributed by atoms with Gasteiger partial charge in [-0.3, -0.25) is 9.59 Å². The van der Waals surface area contributed by atoms with Crippen molar-refractivity contribution in [2.75, 3.05) is 30.0 Å². The molecule has 1 amide bonds. The molecule has 0 atom stereocenters. The van der Waals surface area contributed by atoms with Crippen LogP contribution >= 0.6 is 23.5 Å². The molecule has 2 aliphatic heterocycles. The van der Waals surface area contributed by atoms with E-state index in [0.717, 1.165) is 21.3 Å². The molecule has 0 aromatic heterocycles. The van der Waals surface area contributed by atoms with E-state index in [9.17, 15) is 9.59 Å². The minimum Gasteiger partial charge on any atom is -0.486 e. The number of para-hydroxylation sites is 1. The average Bonchev–Trinajstić information content (AvgIpc) is 3.27. The zero-order chi connectivity index (χ0) is 20.1. The molecule has 29 heavy (non-hydrogen) atoms. The number of ether oxygens (including phenoxy) is 2. The molecule has 4 rings (SSSR count). The highest BCUT2D eigenvalue weighted by Gasteiger charge is 2.25. The first-order valence-electron chi connectivity index (χ1n) is 9.19. The Hall–Kier alpha value is -2.64. The lowest BCUT2D eigenvalue weighted by Crippen LogP contribution is -2.20. The second-order valence-corrected chi connectivity index (χ2v) is 8.75. The molecule has 5 nitrogen and oxygen atoms in total. The van der Waals surface area contributed by atoms with Gasteiger partial charge < -0.3 is 14.8 Å². The topological polar surface area (TPSA) is 64.6 Å². The molecule has 2 aromatic carbocycles. The van der Waals surface area contributed by atoms with E-state index >= 15 is 0 Å². The Bertz CT molecular complexity index is 978. The predicted molar refractivity (Wildman–Crippen MR) is 118 cm³/mol. The highest BCUT2D eigenvalue weighted by atomic mass is 32.2. The molecule has 0 bridgehead atoms. The van der Waals surface area contributed by atoms with Gasteiger partial charge in [-0.25, -0.2) is 0 Å². The number of hydrogen-bond donors (Lipinski definition) is 1. The number of thioether (sulfide) groups is 2. The van der Waals surface area contributed by atoms with Crippen molar-refractivity contribution >= 4 is 47.0 Å². The first-order chi connectivity index (χ1) is 14.2. The Balaban J connectivity index is 1.55. The summed E-state index contributed by atoms with van der Waals surface area (Å²) in [5.74, 6) is 2.44. The van der Waals surface area contributed by atoms with Gasteiger partial charge in [0.15, 0.2) is 17.3 Å². The highest BCUT2D eigenvalue weighted by molar-refractivity contribution is 8.25. The van der Waals surface area contributed by atoms with E-state index in [-0.39, 0.29) is 17.3 Å². The summed E-state index contributed by atoms with van der Waals surface area (Å²) >= 11 is 3.10. The molecule has 0 radical (unpaired) electrons. The number of amides is 1.